The highest BCUT2D eigenvalue weighted by molar-refractivity contribution is 5.92. The molecular weight excluding hydrogens is 283 g/mol. The summed E-state index contributed by atoms with van der Waals surface area (Å²) in [6.07, 6.45) is -9.14. The molecule has 0 bridgehead atoms. The minimum absolute atomic E-state index is 0.0449. The molecule has 0 aliphatic carbocycles. The molecule has 0 aliphatic rings. The van der Waals surface area contributed by atoms with Gasteiger partial charge < -0.3 is 5.11 Å². The van der Waals surface area contributed by atoms with Gasteiger partial charge >= 0.3 is 12.1 Å². The van der Waals surface area contributed by atoms with Gasteiger partial charge in [0, 0.05) is 0 Å². The van der Waals surface area contributed by atoms with Crippen LogP contribution in [0.1, 0.15) is 28.0 Å². The number of carbonyl (C=O) groups is 1. The first-order valence-electron chi connectivity index (χ1n) is 4.33. The number of aromatic carboxylic acids is 1. The van der Waals surface area contributed by atoms with Crippen molar-refractivity contribution < 1.29 is 36.8 Å². The largest absolute Gasteiger partial charge is 0.478 e. The average Bonchev–Trinajstić information content (AvgIpc) is 2.25. The number of nitrogens with zero attached hydrogens (tertiary/aromatic N) is 2. The highest BCUT2D eigenvalue weighted by Gasteiger charge is 2.43. The molecule has 0 aliphatic heterocycles. The van der Waals surface area contributed by atoms with Crippen LogP contribution in [0.3, 0.4) is 0 Å². The Morgan fingerprint density at radius 3 is 2.26 bits per heavy atom. The molecule has 0 spiro atoms. The van der Waals surface area contributed by atoms with Crippen molar-refractivity contribution in [2.45, 2.75) is 12.6 Å². The summed E-state index contributed by atoms with van der Waals surface area (Å²) in [6, 6.07) is 0. The number of nitro groups is 1. The van der Waals surface area contributed by atoms with Crippen LogP contribution in [0.2, 0.25) is 0 Å². The molecule has 19 heavy (non-hydrogen) atoms. The van der Waals surface area contributed by atoms with E-state index >= 15 is 0 Å². The fourth-order valence-corrected chi connectivity index (χ4v) is 1.31. The predicted octanol–water partition coefficient (Wildman–Crippen LogP) is 2.64. The van der Waals surface area contributed by atoms with Crippen LogP contribution >= 0.6 is 0 Å². The van der Waals surface area contributed by atoms with Crippen molar-refractivity contribution in [1.82, 2.24) is 4.98 Å². The average molecular weight is 286 g/mol. The molecule has 0 saturated carbocycles. The first-order chi connectivity index (χ1) is 8.57. The van der Waals surface area contributed by atoms with Gasteiger partial charge in [-0.25, -0.2) is 18.6 Å². The molecule has 1 aromatic heterocycles. The molecule has 0 unspecified atom stereocenters. The second kappa shape index (κ2) is 4.74. The Balaban J connectivity index is 3.79. The van der Waals surface area contributed by atoms with Crippen molar-refractivity contribution in [3.8, 4) is 0 Å². The lowest BCUT2D eigenvalue weighted by atomic mass is 10.0. The minimum atomic E-state index is -5.33. The Labute approximate surface area is 100 Å². The first kappa shape index (κ1) is 14.7. The number of hydrogen-bond acceptors (Lipinski definition) is 4. The number of carboxylic acids is 1. The smallest absolute Gasteiger partial charge is 0.434 e. The SMILES string of the molecule is O=C(O)c1c(C(F)(F)F)ncc([N+](=O)[O-])c1C(F)F. The van der Waals surface area contributed by atoms with Crippen molar-refractivity contribution in [3.05, 3.63) is 33.1 Å². The predicted molar refractivity (Wildman–Crippen MR) is 47.8 cm³/mol. The summed E-state index contributed by atoms with van der Waals surface area (Å²) in [7, 11) is 0. The zero-order valence-electron chi connectivity index (χ0n) is 8.61. The lowest BCUT2D eigenvalue weighted by molar-refractivity contribution is -0.386. The highest BCUT2D eigenvalue weighted by Crippen LogP contribution is 2.38. The summed E-state index contributed by atoms with van der Waals surface area (Å²) in [6.45, 7) is 0. The molecule has 104 valence electrons. The Morgan fingerprint density at radius 2 is 1.95 bits per heavy atom. The lowest BCUT2D eigenvalue weighted by Gasteiger charge is -2.12. The van der Waals surface area contributed by atoms with E-state index in [0.717, 1.165) is 0 Å². The molecule has 0 radical (unpaired) electrons. The summed E-state index contributed by atoms with van der Waals surface area (Å²) in [4.78, 5) is 22.2. The third-order valence-electron chi connectivity index (χ3n) is 2.00. The van der Waals surface area contributed by atoms with Gasteiger partial charge in [-0.15, -0.1) is 0 Å². The number of hydrogen-bond donors (Lipinski definition) is 1. The standard InChI is InChI=1S/C8H3F5N2O4/c9-6(10)3-2(15(18)19)1-14-5(8(11,12)13)4(3)7(16)17/h1,6H,(H,16,17). The molecule has 0 atom stereocenters. The van der Waals surface area contributed by atoms with E-state index in [0.29, 0.717) is 0 Å². The van der Waals surface area contributed by atoms with Crippen LogP contribution in [0.25, 0.3) is 0 Å². The summed E-state index contributed by atoms with van der Waals surface area (Å²) in [5.41, 5.74) is -7.34. The van der Waals surface area contributed by atoms with Crippen molar-refractivity contribution in [1.29, 1.82) is 0 Å². The number of aromatic nitrogens is 1. The van der Waals surface area contributed by atoms with Crippen LogP contribution in [0.4, 0.5) is 27.6 Å². The van der Waals surface area contributed by atoms with E-state index in [1.54, 1.807) is 0 Å². The van der Waals surface area contributed by atoms with Gasteiger partial charge in [-0.1, -0.05) is 0 Å². The van der Waals surface area contributed by atoms with Gasteiger partial charge in [0.05, 0.1) is 4.92 Å². The highest BCUT2D eigenvalue weighted by atomic mass is 19.4. The van der Waals surface area contributed by atoms with Gasteiger partial charge in [0.2, 0.25) is 0 Å². The van der Waals surface area contributed by atoms with Crippen LogP contribution in [0, 0.1) is 10.1 Å². The van der Waals surface area contributed by atoms with Crippen LogP contribution in [0.5, 0.6) is 0 Å². The molecule has 1 N–H and O–H groups in total. The van der Waals surface area contributed by atoms with Crippen LogP contribution in [0.15, 0.2) is 6.20 Å². The molecule has 1 aromatic rings. The zero-order valence-corrected chi connectivity index (χ0v) is 8.61. The Bertz CT molecular complexity index is 543. The first-order valence-corrected chi connectivity index (χ1v) is 4.33. The number of pyridine rings is 1. The molecular formula is C8H3F5N2O4. The van der Waals surface area contributed by atoms with Crippen LogP contribution in [-0.2, 0) is 6.18 Å². The topological polar surface area (TPSA) is 93.3 Å². The van der Waals surface area contributed by atoms with Gasteiger partial charge in [-0.2, -0.15) is 13.2 Å². The van der Waals surface area contributed by atoms with E-state index in [2.05, 4.69) is 4.98 Å². The molecule has 1 heterocycles. The maximum atomic E-state index is 12.6. The van der Waals surface area contributed by atoms with Gasteiger partial charge in [0.15, 0.2) is 5.69 Å². The van der Waals surface area contributed by atoms with E-state index in [1.165, 1.54) is 0 Å². The van der Waals surface area contributed by atoms with Gasteiger partial charge in [0.1, 0.15) is 17.3 Å². The maximum Gasteiger partial charge on any atom is 0.434 e. The summed E-state index contributed by atoms with van der Waals surface area (Å²) in [5.74, 6) is -2.38. The lowest BCUT2D eigenvalue weighted by Crippen LogP contribution is -2.19. The fourth-order valence-electron chi connectivity index (χ4n) is 1.31. The van der Waals surface area contributed by atoms with E-state index < -0.39 is 46.0 Å². The third-order valence-corrected chi connectivity index (χ3v) is 2.00. The fraction of sp³-hybridized carbons (Fsp3) is 0.250. The molecule has 11 heteroatoms. The van der Waals surface area contributed by atoms with Crippen molar-refractivity contribution in [2.24, 2.45) is 0 Å². The van der Waals surface area contributed by atoms with Gasteiger partial charge in [0.25, 0.3) is 12.1 Å². The van der Waals surface area contributed by atoms with Crippen molar-refractivity contribution in [3.63, 3.8) is 0 Å². The number of rotatable bonds is 3. The Morgan fingerprint density at radius 1 is 1.42 bits per heavy atom. The molecule has 6 nitrogen and oxygen atoms in total. The zero-order chi connectivity index (χ0) is 15.0. The quantitative estimate of drug-likeness (QED) is 0.523. The third kappa shape index (κ3) is 2.74. The molecule has 1 rings (SSSR count). The van der Waals surface area contributed by atoms with E-state index in [1.807, 2.05) is 0 Å². The van der Waals surface area contributed by atoms with E-state index in [9.17, 15) is 36.9 Å². The van der Waals surface area contributed by atoms with Crippen LogP contribution in [-0.4, -0.2) is 21.0 Å². The molecule has 0 aromatic carbocycles. The number of halogens is 5. The Hall–Kier alpha value is -2.33. The van der Waals surface area contributed by atoms with Gasteiger partial charge in [-0.3, -0.25) is 10.1 Å². The summed E-state index contributed by atoms with van der Waals surface area (Å²) < 4.78 is 62.6. The van der Waals surface area contributed by atoms with Gasteiger partial charge in [-0.05, 0) is 0 Å². The molecule has 0 fully saturated rings. The minimum Gasteiger partial charge on any atom is -0.478 e. The van der Waals surface area contributed by atoms with Crippen molar-refractivity contribution in [2.75, 3.05) is 0 Å². The Kier molecular flexibility index (Phi) is 3.68. The monoisotopic (exact) mass is 286 g/mol. The number of carboxylic acid groups (broad SMARTS) is 1. The second-order valence-electron chi connectivity index (χ2n) is 3.14. The van der Waals surface area contributed by atoms with E-state index in [4.69, 9.17) is 5.11 Å². The summed E-state index contributed by atoms with van der Waals surface area (Å²) in [5, 5.41) is 19.0. The second-order valence-corrected chi connectivity index (χ2v) is 3.14. The molecule has 0 amide bonds. The van der Waals surface area contributed by atoms with Crippen LogP contribution < -0.4 is 0 Å². The normalized spacial score (nSPS) is 11.7. The number of alkyl halides is 5. The summed E-state index contributed by atoms with van der Waals surface area (Å²) >= 11 is 0. The van der Waals surface area contributed by atoms with Crippen molar-refractivity contribution >= 4 is 11.7 Å². The van der Waals surface area contributed by atoms with E-state index in [-0.39, 0.29) is 6.20 Å². The maximum absolute atomic E-state index is 12.6. The molecule has 0 saturated heterocycles.